The maximum Gasteiger partial charge on any atom is 0.310 e. The second kappa shape index (κ2) is 6.00. The van der Waals surface area contributed by atoms with Crippen molar-refractivity contribution in [1.82, 2.24) is 0 Å². The van der Waals surface area contributed by atoms with Gasteiger partial charge in [0.25, 0.3) is 0 Å². The molecule has 0 aliphatic heterocycles. The number of hydrogen-bond donors (Lipinski definition) is 2. The lowest BCUT2D eigenvalue weighted by Crippen LogP contribution is -2.17. The van der Waals surface area contributed by atoms with Crippen LogP contribution in [0.4, 0.5) is 5.69 Å². The van der Waals surface area contributed by atoms with Gasteiger partial charge in [-0.3, -0.25) is 9.59 Å². The maximum atomic E-state index is 11.9. The van der Waals surface area contributed by atoms with Crippen LogP contribution in [0, 0.1) is 5.92 Å². The molecule has 0 saturated heterocycles. The van der Waals surface area contributed by atoms with Crippen LogP contribution in [-0.2, 0) is 9.59 Å². The summed E-state index contributed by atoms with van der Waals surface area (Å²) >= 11 is 0. The van der Waals surface area contributed by atoms with Crippen LogP contribution in [0.1, 0.15) is 32.3 Å². The zero-order valence-corrected chi connectivity index (χ0v) is 13.8. The number of amides is 1. The van der Waals surface area contributed by atoms with Crippen LogP contribution in [0.2, 0.25) is 0 Å². The third-order valence-electron chi connectivity index (χ3n) is 4.16. The van der Waals surface area contributed by atoms with Crippen molar-refractivity contribution in [2.24, 2.45) is 5.92 Å². The highest BCUT2D eigenvalue weighted by Gasteiger charge is 2.16. The van der Waals surface area contributed by atoms with Crippen LogP contribution in [0.15, 0.2) is 40.8 Å². The van der Waals surface area contributed by atoms with E-state index >= 15 is 0 Å². The number of fused-ring (bicyclic) bond motifs is 3. The molecule has 2 aromatic carbocycles. The molecule has 0 spiro atoms. The number of hydrogen-bond acceptors (Lipinski definition) is 3. The lowest BCUT2D eigenvalue weighted by atomic mass is 9.99. The van der Waals surface area contributed by atoms with Crippen molar-refractivity contribution in [3.05, 3.63) is 42.0 Å². The van der Waals surface area contributed by atoms with E-state index in [1.165, 1.54) is 0 Å². The molecule has 1 atom stereocenters. The molecule has 124 valence electrons. The molecule has 24 heavy (non-hydrogen) atoms. The van der Waals surface area contributed by atoms with Crippen LogP contribution < -0.4 is 5.32 Å². The van der Waals surface area contributed by atoms with E-state index in [9.17, 15) is 14.7 Å². The van der Waals surface area contributed by atoms with E-state index in [0.29, 0.717) is 22.4 Å². The van der Waals surface area contributed by atoms with Crippen molar-refractivity contribution in [3.8, 4) is 0 Å². The average molecular weight is 325 g/mol. The number of rotatable bonds is 4. The largest absolute Gasteiger partial charge is 0.481 e. The SMILES string of the molecule is CC(C)C(=O)Nc1ccc2oc3ccc(C(C)C(=O)O)cc3c2c1. The Balaban J connectivity index is 2.09. The molecule has 3 aromatic rings. The van der Waals surface area contributed by atoms with Crippen molar-refractivity contribution < 1.29 is 19.1 Å². The molecule has 0 fully saturated rings. The van der Waals surface area contributed by atoms with Crippen LogP contribution >= 0.6 is 0 Å². The fraction of sp³-hybridized carbons (Fsp3) is 0.263. The highest BCUT2D eigenvalue weighted by atomic mass is 16.4. The van der Waals surface area contributed by atoms with Gasteiger partial charge in [0.2, 0.25) is 5.91 Å². The van der Waals surface area contributed by atoms with Gasteiger partial charge in [0.15, 0.2) is 0 Å². The van der Waals surface area contributed by atoms with Crippen molar-refractivity contribution >= 4 is 39.5 Å². The van der Waals surface area contributed by atoms with Crippen LogP contribution in [-0.4, -0.2) is 17.0 Å². The van der Waals surface area contributed by atoms with Gasteiger partial charge in [0.05, 0.1) is 5.92 Å². The molecule has 1 aromatic heterocycles. The first-order chi connectivity index (χ1) is 11.4. The fourth-order valence-electron chi connectivity index (χ4n) is 2.57. The predicted octanol–water partition coefficient (Wildman–Crippen LogP) is 4.37. The van der Waals surface area contributed by atoms with Crippen molar-refractivity contribution in [3.63, 3.8) is 0 Å². The molecule has 2 N–H and O–H groups in total. The minimum absolute atomic E-state index is 0.0534. The molecular weight excluding hydrogens is 306 g/mol. The van der Waals surface area contributed by atoms with E-state index in [1.807, 2.05) is 32.0 Å². The van der Waals surface area contributed by atoms with E-state index in [0.717, 1.165) is 10.8 Å². The van der Waals surface area contributed by atoms with Crippen LogP contribution in [0.25, 0.3) is 21.9 Å². The molecule has 5 heteroatoms. The summed E-state index contributed by atoms with van der Waals surface area (Å²) in [5, 5.41) is 13.8. The first-order valence-corrected chi connectivity index (χ1v) is 7.86. The van der Waals surface area contributed by atoms with E-state index in [4.69, 9.17) is 4.42 Å². The van der Waals surface area contributed by atoms with E-state index in [2.05, 4.69) is 5.32 Å². The predicted molar refractivity (Wildman–Crippen MR) is 93.2 cm³/mol. The average Bonchev–Trinajstić information content (AvgIpc) is 2.91. The lowest BCUT2D eigenvalue weighted by Gasteiger charge is -2.07. The summed E-state index contributed by atoms with van der Waals surface area (Å²) in [6, 6.07) is 10.9. The topological polar surface area (TPSA) is 79.5 Å². The summed E-state index contributed by atoms with van der Waals surface area (Å²) in [5.41, 5.74) is 2.81. The Morgan fingerprint density at radius 2 is 1.62 bits per heavy atom. The van der Waals surface area contributed by atoms with Gasteiger partial charge in [0.1, 0.15) is 11.2 Å². The lowest BCUT2D eigenvalue weighted by molar-refractivity contribution is -0.138. The Labute approximate surface area is 139 Å². The van der Waals surface area contributed by atoms with Gasteiger partial charge in [-0.2, -0.15) is 0 Å². The zero-order valence-electron chi connectivity index (χ0n) is 13.8. The number of carboxylic acids is 1. The van der Waals surface area contributed by atoms with Gasteiger partial charge in [-0.25, -0.2) is 0 Å². The Hall–Kier alpha value is -2.82. The van der Waals surface area contributed by atoms with Gasteiger partial charge < -0.3 is 14.8 Å². The first-order valence-electron chi connectivity index (χ1n) is 7.86. The standard InChI is InChI=1S/C19H19NO4/c1-10(2)18(21)20-13-5-7-17-15(9-13)14-8-12(11(3)19(22)23)4-6-16(14)24-17/h4-11H,1-3H3,(H,20,21)(H,22,23). The zero-order chi connectivity index (χ0) is 17.4. The van der Waals surface area contributed by atoms with E-state index in [-0.39, 0.29) is 11.8 Å². The van der Waals surface area contributed by atoms with E-state index < -0.39 is 11.9 Å². The first kappa shape index (κ1) is 16.1. The maximum absolute atomic E-state index is 11.9. The van der Waals surface area contributed by atoms with Crippen LogP contribution in [0.5, 0.6) is 0 Å². The van der Waals surface area contributed by atoms with E-state index in [1.54, 1.807) is 25.1 Å². The summed E-state index contributed by atoms with van der Waals surface area (Å²) in [4.78, 5) is 23.1. The van der Waals surface area contributed by atoms with Crippen molar-refractivity contribution in [2.75, 3.05) is 5.32 Å². The monoisotopic (exact) mass is 325 g/mol. The van der Waals surface area contributed by atoms with Crippen molar-refractivity contribution in [1.29, 1.82) is 0 Å². The molecule has 1 amide bonds. The van der Waals surface area contributed by atoms with Gasteiger partial charge in [0, 0.05) is 22.4 Å². The number of carboxylic acid groups (broad SMARTS) is 1. The molecule has 3 rings (SSSR count). The second-order valence-electron chi connectivity index (χ2n) is 6.27. The summed E-state index contributed by atoms with van der Waals surface area (Å²) in [6.07, 6.45) is 0. The number of aliphatic carboxylic acids is 1. The molecular formula is C19H19NO4. The molecule has 0 aliphatic carbocycles. The summed E-state index contributed by atoms with van der Waals surface area (Å²) in [5.74, 6) is -1.62. The number of carbonyl (C=O) groups is 2. The Morgan fingerprint density at radius 3 is 2.25 bits per heavy atom. The van der Waals surface area contributed by atoms with Gasteiger partial charge >= 0.3 is 5.97 Å². The van der Waals surface area contributed by atoms with Crippen LogP contribution in [0.3, 0.4) is 0 Å². The van der Waals surface area contributed by atoms with Gasteiger partial charge in [-0.05, 0) is 42.8 Å². The Morgan fingerprint density at radius 1 is 1.00 bits per heavy atom. The molecule has 0 aliphatic rings. The van der Waals surface area contributed by atoms with Gasteiger partial charge in [-0.1, -0.05) is 19.9 Å². The number of furan rings is 1. The number of benzene rings is 2. The third-order valence-corrected chi connectivity index (χ3v) is 4.16. The van der Waals surface area contributed by atoms with Gasteiger partial charge in [-0.15, -0.1) is 0 Å². The normalized spacial score (nSPS) is 12.7. The number of anilines is 1. The summed E-state index contributed by atoms with van der Waals surface area (Å²) in [7, 11) is 0. The second-order valence-corrected chi connectivity index (χ2v) is 6.27. The molecule has 0 bridgehead atoms. The summed E-state index contributed by atoms with van der Waals surface area (Å²) < 4.78 is 5.79. The highest BCUT2D eigenvalue weighted by Crippen LogP contribution is 2.33. The number of carbonyl (C=O) groups excluding carboxylic acids is 1. The molecule has 1 unspecified atom stereocenters. The smallest absolute Gasteiger partial charge is 0.310 e. The molecule has 0 radical (unpaired) electrons. The minimum atomic E-state index is -0.868. The molecule has 1 heterocycles. The third kappa shape index (κ3) is 2.85. The highest BCUT2D eigenvalue weighted by molar-refractivity contribution is 6.07. The molecule has 5 nitrogen and oxygen atoms in total. The van der Waals surface area contributed by atoms with Crippen molar-refractivity contribution in [2.45, 2.75) is 26.7 Å². The quantitative estimate of drug-likeness (QED) is 0.746. The Kier molecular flexibility index (Phi) is 4.01. The molecule has 0 saturated carbocycles. The minimum Gasteiger partial charge on any atom is -0.481 e. The Bertz CT molecular complexity index is 939. The number of nitrogens with one attached hydrogen (secondary N) is 1. The fourth-order valence-corrected chi connectivity index (χ4v) is 2.57. The summed E-state index contributed by atoms with van der Waals surface area (Å²) in [6.45, 7) is 5.32.